The van der Waals surface area contributed by atoms with E-state index in [4.69, 9.17) is 15.0 Å². The standard InChI is InChI=1S/C24H23F3N6O4S/c1-37-19-9-4-14(10-16(19)21(28)34)17-7-8-18-20(31-17)22(30-12-24(25,26)27)33-23(32-18)29-11-13-2-5-15(6-3-13)38(35)36/h2-10,16,19H,11-12H2,1H3,(H2,28,34)(H,35,36)(H2,29,30,32,33). The average Bonchev–Trinajstić information content (AvgIpc) is 2.89. The lowest BCUT2D eigenvalue weighted by Crippen LogP contribution is -2.33. The molecule has 0 saturated heterocycles. The molecule has 1 aliphatic carbocycles. The molecule has 1 aliphatic rings. The van der Waals surface area contributed by atoms with Crippen LogP contribution < -0.4 is 16.4 Å². The molecule has 0 aliphatic heterocycles. The summed E-state index contributed by atoms with van der Waals surface area (Å²) in [6, 6.07) is 9.46. The number of anilines is 2. The fourth-order valence-corrected chi connectivity index (χ4v) is 4.14. The van der Waals surface area contributed by atoms with Gasteiger partial charge in [-0.15, -0.1) is 0 Å². The summed E-state index contributed by atoms with van der Waals surface area (Å²) in [4.78, 5) is 25.2. The van der Waals surface area contributed by atoms with Crippen molar-refractivity contribution < 1.29 is 31.5 Å². The van der Waals surface area contributed by atoms with Gasteiger partial charge in [0, 0.05) is 13.7 Å². The zero-order valence-corrected chi connectivity index (χ0v) is 20.7. The number of rotatable bonds is 9. The van der Waals surface area contributed by atoms with Crippen LogP contribution in [0.3, 0.4) is 0 Å². The predicted molar refractivity (Wildman–Crippen MR) is 135 cm³/mol. The summed E-state index contributed by atoms with van der Waals surface area (Å²) in [6.45, 7) is -1.13. The first kappa shape index (κ1) is 27.2. The molecule has 0 bridgehead atoms. The van der Waals surface area contributed by atoms with Crippen LogP contribution in [0.1, 0.15) is 11.3 Å². The first-order valence-corrected chi connectivity index (χ1v) is 12.3. The molecule has 5 N–H and O–H groups in total. The van der Waals surface area contributed by atoms with Crippen LogP contribution in [0.25, 0.3) is 16.6 Å². The Bertz CT molecular complexity index is 1430. The molecule has 38 heavy (non-hydrogen) atoms. The number of nitrogens with one attached hydrogen (secondary N) is 2. The van der Waals surface area contributed by atoms with E-state index in [1.165, 1.54) is 19.2 Å². The highest BCUT2D eigenvalue weighted by Gasteiger charge is 2.28. The van der Waals surface area contributed by atoms with Crippen molar-refractivity contribution in [2.24, 2.45) is 11.7 Å². The third-order valence-electron chi connectivity index (χ3n) is 5.65. The Morgan fingerprint density at radius 2 is 1.87 bits per heavy atom. The van der Waals surface area contributed by atoms with Gasteiger partial charge in [-0.1, -0.05) is 30.4 Å². The van der Waals surface area contributed by atoms with E-state index in [0.29, 0.717) is 11.3 Å². The molecule has 200 valence electrons. The number of primary amides is 1. The number of alkyl halides is 3. The van der Waals surface area contributed by atoms with E-state index < -0.39 is 41.7 Å². The molecule has 3 aromatic rings. The van der Waals surface area contributed by atoms with Gasteiger partial charge in [0.15, 0.2) is 16.9 Å². The van der Waals surface area contributed by atoms with Crippen LogP contribution in [0.2, 0.25) is 0 Å². The van der Waals surface area contributed by atoms with Gasteiger partial charge in [-0.25, -0.2) is 14.2 Å². The van der Waals surface area contributed by atoms with Gasteiger partial charge >= 0.3 is 6.18 Å². The molecule has 2 heterocycles. The van der Waals surface area contributed by atoms with E-state index in [2.05, 4.69) is 25.6 Å². The Balaban J connectivity index is 1.66. The highest BCUT2D eigenvalue weighted by molar-refractivity contribution is 7.79. The number of carbonyl (C=O) groups is 1. The minimum Gasteiger partial charge on any atom is -0.376 e. The smallest absolute Gasteiger partial charge is 0.376 e. The molecule has 0 fully saturated rings. The number of fused-ring (bicyclic) bond motifs is 1. The van der Waals surface area contributed by atoms with Gasteiger partial charge in [0.2, 0.25) is 11.9 Å². The molecule has 0 radical (unpaired) electrons. The maximum Gasteiger partial charge on any atom is 0.405 e. The number of benzene rings is 1. The highest BCUT2D eigenvalue weighted by atomic mass is 32.2. The number of hydrogen-bond donors (Lipinski definition) is 4. The summed E-state index contributed by atoms with van der Waals surface area (Å²) in [5.74, 6) is -1.41. The second kappa shape index (κ2) is 11.2. The van der Waals surface area contributed by atoms with E-state index in [0.717, 1.165) is 5.56 Å². The first-order valence-electron chi connectivity index (χ1n) is 11.2. The van der Waals surface area contributed by atoms with Crippen molar-refractivity contribution in [1.29, 1.82) is 0 Å². The lowest BCUT2D eigenvalue weighted by molar-refractivity contribution is -0.123. The second-order valence-electron chi connectivity index (χ2n) is 8.29. The number of ether oxygens (including phenoxy) is 1. The quantitative estimate of drug-likeness (QED) is 0.295. The van der Waals surface area contributed by atoms with E-state index in [-0.39, 0.29) is 34.2 Å². The van der Waals surface area contributed by atoms with Crippen LogP contribution >= 0.6 is 0 Å². The van der Waals surface area contributed by atoms with Crippen molar-refractivity contribution >= 4 is 45.4 Å². The Morgan fingerprint density at radius 3 is 2.50 bits per heavy atom. The van der Waals surface area contributed by atoms with Crippen LogP contribution in [-0.2, 0) is 27.2 Å². The molecule has 1 amide bonds. The van der Waals surface area contributed by atoms with Gasteiger partial charge in [-0.3, -0.25) is 4.79 Å². The summed E-state index contributed by atoms with van der Waals surface area (Å²) in [7, 11) is 1.45. The summed E-state index contributed by atoms with van der Waals surface area (Å²) >= 11 is -2.11. The SMILES string of the molecule is COC1C=CC(c2ccc3nc(NCc4ccc(S(=O)O)cc4)nc(NCC(F)(F)F)c3n2)=CC1C(N)=O. The van der Waals surface area contributed by atoms with E-state index in [1.54, 1.807) is 42.5 Å². The molecule has 3 atom stereocenters. The molecule has 0 saturated carbocycles. The molecule has 1 aromatic carbocycles. The molecule has 14 heteroatoms. The molecule has 4 rings (SSSR count). The van der Waals surface area contributed by atoms with E-state index in [9.17, 15) is 22.2 Å². The molecular formula is C24H23F3N6O4S. The van der Waals surface area contributed by atoms with Crippen LogP contribution in [0.5, 0.6) is 0 Å². The van der Waals surface area contributed by atoms with Crippen molar-refractivity contribution in [1.82, 2.24) is 15.0 Å². The Morgan fingerprint density at radius 1 is 1.13 bits per heavy atom. The summed E-state index contributed by atoms with van der Waals surface area (Å²) < 4.78 is 64.5. The lowest BCUT2D eigenvalue weighted by Gasteiger charge is -2.22. The summed E-state index contributed by atoms with van der Waals surface area (Å²) in [5, 5.41) is 5.24. The molecular weight excluding hydrogens is 525 g/mol. The predicted octanol–water partition coefficient (Wildman–Crippen LogP) is 3.26. The van der Waals surface area contributed by atoms with Crippen LogP contribution in [0.4, 0.5) is 24.9 Å². The fraction of sp³-hybridized carbons (Fsp3) is 0.250. The van der Waals surface area contributed by atoms with E-state index >= 15 is 0 Å². The third kappa shape index (κ3) is 6.51. The van der Waals surface area contributed by atoms with Gasteiger partial charge in [0.1, 0.15) is 12.1 Å². The number of hydrogen-bond acceptors (Lipinski definition) is 8. The number of pyridine rings is 1. The monoisotopic (exact) mass is 548 g/mol. The number of carbonyl (C=O) groups excluding carboxylic acids is 1. The highest BCUT2D eigenvalue weighted by Crippen LogP contribution is 2.29. The van der Waals surface area contributed by atoms with Crippen LogP contribution in [0, 0.1) is 5.92 Å². The number of nitrogens with zero attached hydrogens (tertiary/aromatic N) is 3. The third-order valence-corrected chi connectivity index (χ3v) is 6.32. The Labute approximate surface area is 217 Å². The Kier molecular flexibility index (Phi) is 8.04. The van der Waals surface area contributed by atoms with Crippen molar-refractivity contribution in [3.8, 4) is 0 Å². The second-order valence-corrected chi connectivity index (χ2v) is 9.25. The molecule has 2 aromatic heterocycles. The average molecular weight is 549 g/mol. The molecule has 3 unspecified atom stereocenters. The van der Waals surface area contributed by atoms with Gasteiger partial charge in [0.05, 0.1) is 28.1 Å². The zero-order chi connectivity index (χ0) is 27.4. The minimum absolute atomic E-state index is 0.0556. The largest absolute Gasteiger partial charge is 0.405 e. The maximum atomic E-state index is 13.0. The van der Waals surface area contributed by atoms with Gasteiger partial charge in [0.25, 0.3) is 0 Å². The van der Waals surface area contributed by atoms with Crippen molar-refractivity contribution in [2.75, 3.05) is 24.3 Å². The zero-order valence-electron chi connectivity index (χ0n) is 19.9. The Hall–Kier alpha value is -3.88. The van der Waals surface area contributed by atoms with Crippen molar-refractivity contribution in [2.45, 2.75) is 23.7 Å². The number of nitrogens with two attached hydrogens (primary N) is 1. The van der Waals surface area contributed by atoms with Crippen molar-refractivity contribution in [3.05, 3.63) is 65.9 Å². The number of methoxy groups -OCH3 is 1. The topological polar surface area (TPSA) is 152 Å². The van der Waals surface area contributed by atoms with Gasteiger partial charge in [-0.2, -0.15) is 18.2 Å². The fourth-order valence-electron chi connectivity index (χ4n) is 3.77. The molecule has 0 spiro atoms. The summed E-state index contributed by atoms with van der Waals surface area (Å²) in [6.07, 6.45) is -0.0934. The van der Waals surface area contributed by atoms with Crippen LogP contribution in [0.15, 0.2) is 59.5 Å². The van der Waals surface area contributed by atoms with Gasteiger partial charge < -0.3 is 25.7 Å². The lowest BCUT2D eigenvalue weighted by atomic mass is 9.91. The van der Waals surface area contributed by atoms with Gasteiger partial charge in [-0.05, 0) is 35.4 Å². The number of amides is 1. The number of aromatic nitrogens is 3. The van der Waals surface area contributed by atoms with Crippen molar-refractivity contribution in [3.63, 3.8) is 0 Å². The van der Waals surface area contributed by atoms with Crippen LogP contribution in [-0.4, -0.2) is 55.6 Å². The minimum atomic E-state index is -4.50. The normalized spacial score (nSPS) is 18.2. The number of allylic oxidation sites excluding steroid dienone is 2. The summed E-state index contributed by atoms with van der Waals surface area (Å²) in [5.41, 5.74) is 7.53. The molecule has 10 nitrogen and oxygen atoms in total. The maximum absolute atomic E-state index is 13.0. The van der Waals surface area contributed by atoms with E-state index in [1.807, 2.05) is 0 Å². The number of halogens is 3. The first-order chi connectivity index (χ1) is 18.0.